The highest BCUT2D eigenvalue weighted by molar-refractivity contribution is 6.29. The van der Waals surface area contributed by atoms with E-state index in [0.29, 0.717) is 17.0 Å². The van der Waals surface area contributed by atoms with Gasteiger partial charge < -0.3 is 0 Å². The van der Waals surface area contributed by atoms with Gasteiger partial charge in [0.1, 0.15) is 11.0 Å². The Morgan fingerprint density at radius 2 is 1.77 bits per heavy atom. The van der Waals surface area contributed by atoms with Crippen LogP contribution in [0.15, 0.2) is 6.07 Å². The number of halogens is 1. The van der Waals surface area contributed by atoms with Crippen molar-refractivity contribution < 1.29 is 0 Å². The predicted octanol–water partition coefficient (Wildman–Crippen LogP) is 2.88. The van der Waals surface area contributed by atoms with Crippen LogP contribution in [0.1, 0.15) is 49.0 Å². The van der Waals surface area contributed by atoms with E-state index in [-0.39, 0.29) is 0 Å². The Bertz CT molecular complexity index is 313. The highest BCUT2D eigenvalue weighted by Gasteiger charge is 2.30. The fourth-order valence-corrected chi connectivity index (χ4v) is 1.76. The molecule has 2 aliphatic rings. The first-order chi connectivity index (χ1) is 6.33. The Morgan fingerprint density at radius 1 is 1.08 bits per heavy atom. The van der Waals surface area contributed by atoms with Crippen LogP contribution in [0.25, 0.3) is 0 Å². The molecule has 2 nitrogen and oxygen atoms in total. The first-order valence-electron chi connectivity index (χ1n) is 4.87. The van der Waals surface area contributed by atoms with Gasteiger partial charge in [0.2, 0.25) is 0 Å². The van der Waals surface area contributed by atoms with Crippen molar-refractivity contribution in [1.82, 2.24) is 9.97 Å². The molecule has 0 unspecified atom stereocenters. The highest BCUT2D eigenvalue weighted by Crippen LogP contribution is 2.42. The van der Waals surface area contributed by atoms with Gasteiger partial charge in [-0.3, -0.25) is 0 Å². The molecule has 1 aromatic heterocycles. The fraction of sp³-hybridized carbons (Fsp3) is 0.600. The fourth-order valence-electron chi connectivity index (χ4n) is 1.57. The summed E-state index contributed by atoms with van der Waals surface area (Å²) in [7, 11) is 0. The summed E-state index contributed by atoms with van der Waals surface area (Å²) in [5.74, 6) is 2.27. The summed E-state index contributed by atoms with van der Waals surface area (Å²) >= 11 is 5.94. The molecule has 68 valence electrons. The Balaban J connectivity index is 1.99. The van der Waals surface area contributed by atoms with E-state index in [4.69, 9.17) is 11.6 Å². The molecule has 0 saturated heterocycles. The van der Waals surface area contributed by atoms with Crippen molar-refractivity contribution in [1.29, 1.82) is 0 Å². The summed E-state index contributed by atoms with van der Waals surface area (Å²) in [5.41, 5.74) is 1.17. The third kappa shape index (κ3) is 1.55. The molecular formula is C10H11ClN2. The van der Waals surface area contributed by atoms with E-state index in [9.17, 15) is 0 Å². The Labute approximate surface area is 82.4 Å². The van der Waals surface area contributed by atoms with E-state index in [2.05, 4.69) is 9.97 Å². The Hall–Kier alpha value is -0.630. The van der Waals surface area contributed by atoms with Gasteiger partial charge >= 0.3 is 0 Å². The lowest BCUT2D eigenvalue weighted by Gasteiger charge is -2.01. The van der Waals surface area contributed by atoms with Crippen LogP contribution in [0.3, 0.4) is 0 Å². The topological polar surface area (TPSA) is 25.8 Å². The standard InChI is InChI=1S/C10H11ClN2/c11-9-5-8(6-1-2-6)12-10(13-9)7-3-4-7/h5-7H,1-4H2. The molecule has 13 heavy (non-hydrogen) atoms. The van der Waals surface area contributed by atoms with Gasteiger partial charge in [0, 0.05) is 17.5 Å². The van der Waals surface area contributed by atoms with Crippen LogP contribution in [-0.4, -0.2) is 9.97 Å². The monoisotopic (exact) mass is 194 g/mol. The van der Waals surface area contributed by atoms with Gasteiger partial charge in [-0.2, -0.15) is 0 Å². The summed E-state index contributed by atoms with van der Waals surface area (Å²) in [6, 6.07) is 1.92. The van der Waals surface area contributed by atoms with Gasteiger partial charge in [-0.05, 0) is 31.7 Å². The third-order valence-corrected chi connectivity index (χ3v) is 2.86. The molecule has 2 fully saturated rings. The number of hydrogen-bond donors (Lipinski definition) is 0. The third-order valence-electron chi connectivity index (χ3n) is 2.67. The molecule has 0 aliphatic heterocycles. The largest absolute Gasteiger partial charge is 0.237 e. The van der Waals surface area contributed by atoms with Crippen LogP contribution < -0.4 is 0 Å². The molecule has 0 N–H and O–H groups in total. The normalized spacial score (nSPS) is 21.9. The van der Waals surface area contributed by atoms with E-state index in [0.717, 1.165) is 5.82 Å². The molecule has 1 heterocycles. The minimum atomic E-state index is 0.608. The first kappa shape index (κ1) is 7.74. The van der Waals surface area contributed by atoms with Crippen molar-refractivity contribution in [3.8, 4) is 0 Å². The zero-order valence-electron chi connectivity index (χ0n) is 7.33. The molecule has 0 radical (unpaired) electrons. The van der Waals surface area contributed by atoms with Crippen molar-refractivity contribution >= 4 is 11.6 Å². The molecule has 0 amide bonds. The van der Waals surface area contributed by atoms with Gasteiger partial charge in [-0.1, -0.05) is 11.6 Å². The molecule has 1 aromatic rings. The first-order valence-corrected chi connectivity index (χ1v) is 5.25. The second kappa shape index (κ2) is 2.68. The van der Waals surface area contributed by atoms with E-state index in [1.807, 2.05) is 6.07 Å². The van der Waals surface area contributed by atoms with Gasteiger partial charge in [0.15, 0.2) is 0 Å². The molecule has 3 rings (SSSR count). The maximum Gasteiger partial charge on any atom is 0.133 e. The second-order valence-electron chi connectivity index (χ2n) is 4.02. The molecular weight excluding hydrogens is 184 g/mol. The SMILES string of the molecule is Clc1cc(C2CC2)nc(C2CC2)n1. The summed E-state index contributed by atoms with van der Waals surface area (Å²) < 4.78 is 0. The van der Waals surface area contributed by atoms with Crippen molar-refractivity contribution in [3.05, 3.63) is 22.7 Å². The average Bonchev–Trinajstić information content (AvgIpc) is 2.98. The maximum atomic E-state index is 5.94. The molecule has 2 saturated carbocycles. The zero-order chi connectivity index (χ0) is 8.84. The number of nitrogens with zero attached hydrogens (tertiary/aromatic N) is 2. The Kier molecular flexibility index (Phi) is 1.59. The molecule has 3 heteroatoms. The molecule has 0 atom stereocenters. The number of hydrogen-bond acceptors (Lipinski definition) is 2. The van der Waals surface area contributed by atoms with Gasteiger partial charge in [-0.25, -0.2) is 9.97 Å². The summed E-state index contributed by atoms with van der Waals surface area (Å²) in [5, 5.41) is 0.624. The number of rotatable bonds is 2. The molecule has 0 aromatic carbocycles. The number of aromatic nitrogens is 2. The summed E-state index contributed by atoms with van der Waals surface area (Å²) in [6.45, 7) is 0. The molecule has 0 bridgehead atoms. The van der Waals surface area contributed by atoms with Crippen molar-refractivity contribution in [3.63, 3.8) is 0 Å². The van der Waals surface area contributed by atoms with Crippen molar-refractivity contribution in [2.45, 2.75) is 37.5 Å². The lowest BCUT2D eigenvalue weighted by Crippen LogP contribution is -1.97. The minimum absolute atomic E-state index is 0.608. The molecule has 0 spiro atoms. The van der Waals surface area contributed by atoms with Crippen LogP contribution in [-0.2, 0) is 0 Å². The van der Waals surface area contributed by atoms with Crippen LogP contribution in [0, 0.1) is 0 Å². The van der Waals surface area contributed by atoms with Crippen molar-refractivity contribution in [2.24, 2.45) is 0 Å². The average molecular weight is 195 g/mol. The van der Waals surface area contributed by atoms with Crippen LogP contribution in [0.5, 0.6) is 0 Å². The van der Waals surface area contributed by atoms with E-state index in [1.165, 1.54) is 31.4 Å². The van der Waals surface area contributed by atoms with E-state index in [1.54, 1.807) is 0 Å². The van der Waals surface area contributed by atoms with Crippen LogP contribution >= 0.6 is 11.6 Å². The highest BCUT2D eigenvalue weighted by atomic mass is 35.5. The predicted molar refractivity (Wildman–Crippen MR) is 51.0 cm³/mol. The van der Waals surface area contributed by atoms with Crippen LogP contribution in [0.2, 0.25) is 5.15 Å². The lowest BCUT2D eigenvalue weighted by molar-refractivity contribution is 0.873. The van der Waals surface area contributed by atoms with Gasteiger partial charge in [0.25, 0.3) is 0 Å². The maximum absolute atomic E-state index is 5.94. The van der Waals surface area contributed by atoms with E-state index < -0.39 is 0 Å². The van der Waals surface area contributed by atoms with Gasteiger partial charge in [0.05, 0.1) is 0 Å². The van der Waals surface area contributed by atoms with Gasteiger partial charge in [-0.15, -0.1) is 0 Å². The lowest BCUT2D eigenvalue weighted by atomic mass is 10.2. The summed E-state index contributed by atoms with van der Waals surface area (Å²) in [6.07, 6.45) is 5.03. The molecule has 2 aliphatic carbocycles. The van der Waals surface area contributed by atoms with Crippen LogP contribution in [0.4, 0.5) is 0 Å². The zero-order valence-corrected chi connectivity index (χ0v) is 8.09. The quantitative estimate of drug-likeness (QED) is 0.677. The minimum Gasteiger partial charge on any atom is -0.237 e. The summed E-state index contributed by atoms with van der Waals surface area (Å²) in [4.78, 5) is 8.82. The Morgan fingerprint density at radius 3 is 2.38 bits per heavy atom. The smallest absolute Gasteiger partial charge is 0.133 e. The van der Waals surface area contributed by atoms with Crippen molar-refractivity contribution in [2.75, 3.05) is 0 Å². The van der Waals surface area contributed by atoms with E-state index >= 15 is 0 Å². The second-order valence-corrected chi connectivity index (χ2v) is 4.41.